The number of nitrogens with zero attached hydrogens (tertiary/aromatic N) is 1. The van der Waals surface area contributed by atoms with Crippen LogP contribution in [0.3, 0.4) is 0 Å². The van der Waals surface area contributed by atoms with Gasteiger partial charge in [0.05, 0.1) is 11.4 Å². The lowest BCUT2D eigenvalue weighted by Gasteiger charge is -2.09. The van der Waals surface area contributed by atoms with Gasteiger partial charge in [-0.1, -0.05) is 6.92 Å². The van der Waals surface area contributed by atoms with E-state index in [-0.39, 0.29) is 28.0 Å². The van der Waals surface area contributed by atoms with Crippen molar-refractivity contribution in [2.24, 2.45) is 0 Å². The predicted octanol–water partition coefficient (Wildman–Crippen LogP) is 0.0119. The van der Waals surface area contributed by atoms with E-state index < -0.39 is 9.84 Å². The molecular formula is C8H14N4O2S. The fourth-order valence-electron chi connectivity index (χ4n) is 1.30. The molecule has 0 saturated heterocycles. The van der Waals surface area contributed by atoms with Crippen molar-refractivity contribution in [3.05, 3.63) is 6.07 Å². The fourth-order valence-corrected chi connectivity index (χ4v) is 2.83. The maximum absolute atomic E-state index is 11.7. The Morgan fingerprint density at radius 2 is 1.93 bits per heavy atom. The van der Waals surface area contributed by atoms with Crippen LogP contribution in [-0.2, 0) is 9.84 Å². The van der Waals surface area contributed by atoms with E-state index in [0.29, 0.717) is 6.42 Å². The molecule has 1 rings (SSSR count). The quantitative estimate of drug-likeness (QED) is 0.671. The highest BCUT2D eigenvalue weighted by Gasteiger charge is 2.21. The van der Waals surface area contributed by atoms with Crippen molar-refractivity contribution in [3.8, 4) is 0 Å². The van der Waals surface area contributed by atoms with Gasteiger partial charge < -0.3 is 17.2 Å². The smallest absolute Gasteiger partial charge is 0.184 e. The molecular weight excluding hydrogens is 216 g/mol. The summed E-state index contributed by atoms with van der Waals surface area (Å²) >= 11 is 0. The minimum absolute atomic E-state index is 0.00695. The number of anilines is 3. The Labute approximate surface area is 88.4 Å². The first-order valence-electron chi connectivity index (χ1n) is 4.42. The molecule has 0 unspecified atom stereocenters. The van der Waals surface area contributed by atoms with Crippen molar-refractivity contribution in [1.82, 2.24) is 4.98 Å². The standard InChI is InChI=1S/C8H14N4O2S/c1-2-3-15(13,14)7-5(9)4-6(10)12-8(7)11/h4H,2-3H2,1H3,(H6,9,10,11,12). The van der Waals surface area contributed by atoms with Gasteiger partial charge >= 0.3 is 0 Å². The number of hydrogen-bond acceptors (Lipinski definition) is 6. The summed E-state index contributed by atoms with van der Waals surface area (Å²) in [6.07, 6.45) is 0.492. The SMILES string of the molecule is CCCS(=O)(=O)c1c(N)cc(N)nc1N. The van der Waals surface area contributed by atoms with Crippen LogP contribution in [0.5, 0.6) is 0 Å². The molecule has 0 aliphatic carbocycles. The summed E-state index contributed by atoms with van der Waals surface area (Å²) in [5.41, 5.74) is 16.5. The molecule has 0 spiro atoms. The number of nitrogen functional groups attached to an aromatic ring is 3. The Morgan fingerprint density at radius 3 is 2.40 bits per heavy atom. The van der Waals surface area contributed by atoms with Crippen LogP contribution < -0.4 is 17.2 Å². The third-order valence-corrected chi connectivity index (χ3v) is 3.84. The predicted molar refractivity (Wildman–Crippen MR) is 59.8 cm³/mol. The minimum atomic E-state index is -3.46. The fraction of sp³-hybridized carbons (Fsp3) is 0.375. The van der Waals surface area contributed by atoms with E-state index in [4.69, 9.17) is 17.2 Å². The van der Waals surface area contributed by atoms with Gasteiger partial charge in [0.1, 0.15) is 16.5 Å². The summed E-state index contributed by atoms with van der Waals surface area (Å²) in [5.74, 6) is -0.0334. The van der Waals surface area contributed by atoms with Gasteiger partial charge in [0.15, 0.2) is 9.84 Å². The molecule has 84 valence electrons. The summed E-state index contributed by atoms with van der Waals surface area (Å²) in [6, 6.07) is 1.29. The lowest BCUT2D eigenvalue weighted by Crippen LogP contribution is -2.13. The minimum Gasteiger partial charge on any atom is -0.397 e. The third-order valence-electron chi connectivity index (χ3n) is 1.83. The zero-order chi connectivity index (χ0) is 11.6. The molecule has 0 fully saturated rings. The Kier molecular flexibility index (Phi) is 3.04. The maximum atomic E-state index is 11.7. The second-order valence-corrected chi connectivity index (χ2v) is 5.22. The monoisotopic (exact) mass is 230 g/mol. The van der Waals surface area contributed by atoms with Gasteiger partial charge in [-0.3, -0.25) is 0 Å². The number of nitrogens with two attached hydrogens (primary N) is 3. The van der Waals surface area contributed by atoms with Gasteiger partial charge in [-0.25, -0.2) is 13.4 Å². The molecule has 0 aliphatic heterocycles. The first kappa shape index (κ1) is 11.6. The Hall–Kier alpha value is -1.50. The van der Waals surface area contributed by atoms with Crippen molar-refractivity contribution in [3.63, 3.8) is 0 Å². The van der Waals surface area contributed by atoms with Crippen LogP contribution in [0.2, 0.25) is 0 Å². The molecule has 1 aromatic heterocycles. The summed E-state index contributed by atoms with van der Waals surface area (Å²) in [4.78, 5) is 3.57. The Bertz CT molecular complexity index is 447. The van der Waals surface area contributed by atoms with Crippen LogP contribution >= 0.6 is 0 Å². The van der Waals surface area contributed by atoms with Crippen LogP contribution in [0.4, 0.5) is 17.3 Å². The van der Waals surface area contributed by atoms with E-state index in [1.165, 1.54) is 6.07 Å². The molecule has 0 bridgehead atoms. The van der Waals surface area contributed by atoms with E-state index in [0.717, 1.165) is 0 Å². The van der Waals surface area contributed by atoms with Crippen molar-refractivity contribution in [1.29, 1.82) is 0 Å². The second-order valence-electron chi connectivity index (χ2n) is 3.17. The number of aromatic nitrogens is 1. The molecule has 0 aliphatic rings. The summed E-state index contributed by atoms with van der Waals surface area (Å²) in [5, 5.41) is 0. The number of sulfone groups is 1. The Balaban J connectivity index is 3.38. The van der Waals surface area contributed by atoms with Gasteiger partial charge in [0, 0.05) is 6.07 Å². The molecule has 6 N–H and O–H groups in total. The number of hydrogen-bond donors (Lipinski definition) is 3. The maximum Gasteiger partial charge on any atom is 0.184 e. The van der Waals surface area contributed by atoms with Crippen LogP contribution in [-0.4, -0.2) is 19.2 Å². The summed E-state index contributed by atoms with van der Waals surface area (Å²) in [7, 11) is -3.46. The Morgan fingerprint density at radius 1 is 1.33 bits per heavy atom. The van der Waals surface area contributed by atoms with Gasteiger partial charge in [-0.2, -0.15) is 0 Å². The van der Waals surface area contributed by atoms with E-state index in [2.05, 4.69) is 4.98 Å². The highest BCUT2D eigenvalue weighted by molar-refractivity contribution is 7.91. The van der Waals surface area contributed by atoms with E-state index in [9.17, 15) is 8.42 Å². The molecule has 7 heteroatoms. The number of pyridine rings is 1. The molecule has 0 aromatic carbocycles. The highest BCUT2D eigenvalue weighted by atomic mass is 32.2. The van der Waals surface area contributed by atoms with Crippen LogP contribution in [0.15, 0.2) is 11.0 Å². The lowest BCUT2D eigenvalue weighted by atomic mass is 10.4. The first-order chi connectivity index (χ1) is 6.88. The molecule has 15 heavy (non-hydrogen) atoms. The van der Waals surface area contributed by atoms with E-state index in [1.54, 1.807) is 6.92 Å². The summed E-state index contributed by atoms with van der Waals surface area (Å²) < 4.78 is 23.5. The highest BCUT2D eigenvalue weighted by Crippen LogP contribution is 2.26. The van der Waals surface area contributed by atoms with Gasteiger partial charge in [0.2, 0.25) is 0 Å². The normalized spacial score (nSPS) is 11.5. The average Bonchev–Trinajstić information content (AvgIpc) is 1.99. The van der Waals surface area contributed by atoms with Crippen LogP contribution in [0.1, 0.15) is 13.3 Å². The molecule has 1 heterocycles. The van der Waals surface area contributed by atoms with E-state index in [1.807, 2.05) is 0 Å². The molecule has 0 amide bonds. The van der Waals surface area contributed by atoms with Crippen molar-refractivity contribution in [2.75, 3.05) is 23.0 Å². The molecule has 6 nitrogen and oxygen atoms in total. The van der Waals surface area contributed by atoms with Crippen LogP contribution in [0.25, 0.3) is 0 Å². The van der Waals surface area contributed by atoms with Crippen LogP contribution in [0, 0.1) is 0 Å². The lowest BCUT2D eigenvalue weighted by molar-refractivity contribution is 0.595. The van der Waals surface area contributed by atoms with Crippen molar-refractivity contribution in [2.45, 2.75) is 18.2 Å². The summed E-state index contributed by atoms with van der Waals surface area (Å²) in [6.45, 7) is 1.76. The molecule has 0 atom stereocenters. The zero-order valence-electron chi connectivity index (χ0n) is 8.40. The second kappa shape index (κ2) is 3.93. The average molecular weight is 230 g/mol. The number of rotatable bonds is 3. The van der Waals surface area contributed by atoms with Crippen molar-refractivity contribution < 1.29 is 8.42 Å². The van der Waals surface area contributed by atoms with Gasteiger partial charge in [-0.15, -0.1) is 0 Å². The third kappa shape index (κ3) is 2.30. The van der Waals surface area contributed by atoms with Crippen molar-refractivity contribution >= 4 is 27.2 Å². The molecule has 0 radical (unpaired) electrons. The largest absolute Gasteiger partial charge is 0.397 e. The van der Waals surface area contributed by atoms with Gasteiger partial charge in [-0.05, 0) is 6.42 Å². The first-order valence-corrected chi connectivity index (χ1v) is 6.08. The molecule has 0 saturated carbocycles. The van der Waals surface area contributed by atoms with E-state index >= 15 is 0 Å². The van der Waals surface area contributed by atoms with Gasteiger partial charge in [0.25, 0.3) is 0 Å². The topological polar surface area (TPSA) is 125 Å². The zero-order valence-corrected chi connectivity index (χ0v) is 9.21. The molecule has 1 aromatic rings.